The number of hydrogen-bond acceptors (Lipinski definition) is 4. The first-order chi connectivity index (χ1) is 22.5. The van der Waals surface area contributed by atoms with Crippen LogP contribution in [-0.2, 0) is 25.0 Å². The van der Waals surface area contributed by atoms with Crippen LogP contribution in [0.15, 0.2) is 72.5 Å². The minimum absolute atomic E-state index is 0.00529. The molecule has 0 fully saturated rings. The van der Waals surface area contributed by atoms with E-state index in [1.807, 2.05) is 18.2 Å². The van der Waals surface area contributed by atoms with Crippen molar-refractivity contribution in [2.24, 2.45) is 0 Å². The Bertz CT molecular complexity index is 1710. The van der Waals surface area contributed by atoms with Crippen molar-refractivity contribution >= 4 is 41.9 Å². The normalized spacial score (nSPS) is 17.6. The summed E-state index contributed by atoms with van der Waals surface area (Å²) in [4.78, 5) is 43.9. The third-order valence-corrected chi connectivity index (χ3v) is 10.5. The van der Waals surface area contributed by atoms with Crippen LogP contribution in [0.4, 0.5) is 11.4 Å². The number of carbonyl (C=O) groups is 2. The van der Waals surface area contributed by atoms with Crippen molar-refractivity contribution in [1.29, 1.82) is 0 Å². The number of benzene rings is 2. The molecule has 258 valence electrons. The number of unbranched alkanes of at least 4 members (excludes halogenated alkanes) is 4. The van der Waals surface area contributed by atoms with Gasteiger partial charge in [-0.3, -0.25) is 14.2 Å². The second-order valence-corrected chi connectivity index (χ2v) is 15.5. The maximum absolute atomic E-state index is 12.1. The van der Waals surface area contributed by atoms with Crippen LogP contribution >= 0.6 is 7.60 Å². The second kappa shape index (κ2) is 15.2. The molecule has 2 heterocycles. The Morgan fingerprint density at radius 3 is 2.12 bits per heavy atom. The van der Waals surface area contributed by atoms with Crippen LogP contribution in [0.25, 0.3) is 0 Å². The fourth-order valence-electron chi connectivity index (χ4n) is 6.92. The quantitative estimate of drug-likeness (QED) is 0.0631. The molecule has 10 heteroatoms. The number of fused-ring (bicyclic) bond motifs is 2. The summed E-state index contributed by atoms with van der Waals surface area (Å²) in [7, 11) is -4.43. The zero-order chi connectivity index (χ0) is 35.3. The van der Waals surface area contributed by atoms with Gasteiger partial charge in [-0.2, -0.15) is 4.58 Å². The number of hydrogen-bond donors (Lipinski definition) is 4. The SMILES string of the molecule is Cc1ccc2c(c1)C(C)(C)C(/C=C/C=C/C=C1/N(CCCCCC(=O)O)c3ccc(P(=O)(O)O)cc3C1(C)C)=[N+]2CCCCCC(=O)O. The fourth-order valence-corrected chi connectivity index (χ4v) is 7.49. The molecular weight excluding hydrogens is 627 g/mol. The highest BCUT2D eigenvalue weighted by Crippen LogP contribution is 2.49. The van der Waals surface area contributed by atoms with E-state index in [0.29, 0.717) is 19.4 Å². The Hall–Kier alpha value is -3.78. The monoisotopic (exact) mass is 677 g/mol. The number of anilines is 1. The average Bonchev–Trinajstić information content (AvgIpc) is 3.33. The molecule has 0 atom stereocenters. The van der Waals surface area contributed by atoms with E-state index in [2.05, 4.69) is 74.4 Å². The van der Waals surface area contributed by atoms with Crippen LogP contribution in [0.1, 0.15) is 95.8 Å². The molecule has 9 nitrogen and oxygen atoms in total. The van der Waals surface area contributed by atoms with E-state index in [1.165, 1.54) is 28.6 Å². The Labute approximate surface area is 284 Å². The van der Waals surface area contributed by atoms with E-state index in [-0.39, 0.29) is 23.6 Å². The minimum Gasteiger partial charge on any atom is -0.481 e. The predicted octanol–water partition coefficient (Wildman–Crippen LogP) is 7.26. The second-order valence-electron chi connectivity index (χ2n) is 13.9. The third-order valence-electron chi connectivity index (χ3n) is 9.53. The van der Waals surface area contributed by atoms with E-state index in [9.17, 15) is 23.9 Å². The Morgan fingerprint density at radius 2 is 1.48 bits per heavy atom. The Morgan fingerprint density at radius 1 is 0.812 bits per heavy atom. The van der Waals surface area contributed by atoms with E-state index >= 15 is 0 Å². The summed E-state index contributed by atoms with van der Waals surface area (Å²) in [5.41, 5.74) is 6.87. The molecule has 4 rings (SSSR count). The lowest BCUT2D eigenvalue weighted by Gasteiger charge is -2.27. The highest BCUT2D eigenvalue weighted by Gasteiger charge is 2.44. The van der Waals surface area contributed by atoms with Gasteiger partial charge in [0.2, 0.25) is 5.69 Å². The largest absolute Gasteiger partial charge is 0.481 e. The summed E-state index contributed by atoms with van der Waals surface area (Å²) in [5, 5.41) is 18.0. The van der Waals surface area contributed by atoms with Gasteiger partial charge < -0.3 is 24.9 Å². The van der Waals surface area contributed by atoms with Gasteiger partial charge in [0.05, 0.1) is 10.7 Å². The third kappa shape index (κ3) is 8.43. The van der Waals surface area contributed by atoms with Crippen molar-refractivity contribution in [3.8, 4) is 0 Å². The van der Waals surface area contributed by atoms with Crippen LogP contribution in [0.3, 0.4) is 0 Å². The van der Waals surface area contributed by atoms with Crippen molar-refractivity contribution in [2.45, 2.75) is 96.8 Å². The van der Waals surface area contributed by atoms with E-state index in [4.69, 9.17) is 10.2 Å². The molecule has 0 saturated heterocycles. The highest BCUT2D eigenvalue weighted by atomic mass is 31.2. The number of allylic oxidation sites excluding steroid dienone is 6. The molecule has 0 spiro atoms. The van der Waals surface area contributed by atoms with Crippen LogP contribution in [-0.4, -0.2) is 55.3 Å². The molecule has 0 saturated carbocycles. The summed E-state index contributed by atoms with van der Waals surface area (Å²) in [6.07, 6.45) is 15.1. The number of carboxylic acid groups (broad SMARTS) is 2. The van der Waals surface area contributed by atoms with Gasteiger partial charge in [0.1, 0.15) is 6.54 Å². The van der Waals surface area contributed by atoms with Crippen LogP contribution < -0.4 is 10.2 Å². The molecule has 4 N–H and O–H groups in total. The fraction of sp³-hybridized carbons (Fsp3) is 0.447. The molecule has 0 radical (unpaired) electrons. The average molecular weight is 678 g/mol. The maximum Gasteiger partial charge on any atom is 0.356 e. The lowest BCUT2D eigenvalue weighted by molar-refractivity contribution is -0.438. The molecule has 2 aromatic carbocycles. The molecule has 0 unspecified atom stereocenters. The van der Waals surface area contributed by atoms with Crippen molar-refractivity contribution < 1.29 is 38.7 Å². The van der Waals surface area contributed by atoms with Crippen LogP contribution in [0.2, 0.25) is 0 Å². The Balaban J connectivity index is 1.61. The van der Waals surface area contributed by atoms with E-state index in [1.54, 1.807) is 12.1 Å². The van der Waals surface area contributed by atoms with E-state index in [0.717, 1.165) is 49.2 Å². The van der Waals surface area contributed by atoms with Gasteiger partial charge in [0.25, 0.3) is 0 Å². The molecule has 2 aliphatic rings. The lowest BCUT2D eigenvalue weighted by Crippen LogP contribution is -2.28. The number of carboxylic acids is 2. The highest BCUT2D eigenvalue weighted by molar-refractivity contribution is 7.60. The molecule has 0 aromatic heterocycles. The summed E-state index contributed by atoms with van der Waals surface area (Å²) in [6.45, 7) is 12.1. The van der Waals surface area contributed by atoms with Crippen molar-refractivity contribution in [1.82, 2.24) is 0 Å². The summed E-state index contributed by atoms with van der Waals surface area (Å²) in [6, 6.07) is 11.5. The van der Waals surface area contributed by atoms with Crippen LogP contribution in [0.5, 0.6) is 0 Å². The predicted molar refractivity (Wildman–Crippen MR) is 191 cm³/mol. The first-order valence-corrected chi connectivity index (χ1v) is 18.4. The van der Waals surface area contributed by atoms with Crippen molar-refractivity contribution in [3.05, 3.63) is 89.2 Å². The first kappa shape index (κ1) is 37.0. The van der Waals surface area contributed by atoms with E-state index < -0.39 is 24.9 Å². The molecule has 0 bridgehead atoms. The van der Waals surface area contributed by atoms with Gasteiger partial charge in [-0.05, 0) is 82.4 Å². The number of aliphatic carboxylic acids is 2. The Kier molecular flexibility index (Phi) is 11.7. The lowest BCUT2D eigenvalue weighted by atomic mass is 9.81. The van der Waals surface area contributed by atoms with Gasteiger partial charge in [-0.15, -0.1) is 0 Å². The van der Waals surface area contributed by atoms with Gasteiger partial charge in [-0.1, -0.05) is 50.1 Å². The van der Waals surface area contributed by atoms with Crippen molar-refractivity contribution in [2.75, 3.05) is 18.0 Å². The number of rotatable bonds is 16. The topological polar surface area (TPSA) is 138 Å². The molecular formula is C38H50N2O7P+. The van der Waals surface area contributed by atoms with Gasteiger partial charge in [-0.25, -0.2) is 0 Å². The number of nitrogens with zero attached hydrogens (tertiary/aromatic N) is 2. The van der Waals surface area contributed by atoms with Crippen molar-refractivity contribution in [3.63, 3.8) is 0 Å². The smallest absolute Gasteiger partial charge is 0.356 e. The molecule has 0 amide bonds. The zero-order valence-corrected chi connectivity index (χ0v) is 29.7. The maximum atomic E-state index is 12.1. The zero-order valence-electron chi connectivity index (χ0n) is 28.8. The van der Waals surface area contributed by atoms with Gasteiger partial charge in [0, 0.05) is 60.3 Å². The first-order valence-electron chi connectivity index (χ1n) is 16.8. The summed E-state index contributed by atoms with van der Waals surface area (Å²) < 4.78 is 14.5. The minimum atomic E-state index is -4.43. The van der Waals surface area contributed by atoms with Gasteiger partial charge >= 0.3 is 19.5 Å². The molecule has 48 heavy (non-hydrogen) atoms. The molecule has 2 aliphatic heterocycles. The number of aryl methyl sites for hydroxylation is 1. The van der Waals surface area contributed by atoms with Crippen LogP contribution in [0, 0.1) is 6.92 Å². The van der Waals surface area contributed by atoms with Gasteiger partial charge in [0.15, 0.2) is 5.71 Å². The molecule has 2 aromatic rings. The summed E-state index contributed by atoms with van der Waals surface area (Å²) >= 11 is 0. The standard InChI is InChI=1S/C38H49N2O7P/c1-27-19-21-31-29(25-27)37(2,3)33(39(31)23-13-7-11-17-35(41)42)15-9-6-10-16-34-38(4,5)30-26-28(48(45,46)47)20-22-32(30)40(34)24-14-8-12-18-36(43)44/h6,9-10,15-16,19-22,25-26H,7-8,11-14,17-18,23-24H2,1-5H3,(H3-,41,42,43,44,45,46,47)/p+1. The molecule has 0 aliphatic carbocycles. The summed E-state index contributed by atoms with van der Waals surface area (Å²) in [5.74, 6) is -1.56.